The van der Waals surface area contributed by atoms with E-state index in [9.17, 15) is 0 Å². The quantitative estimate of drug-likeness (QED) is 0.782. The first-order valence-corrected chi connectivity index (χ1v) is 6.38. The number of hydrogen-bond acceptors (Lipinski definition) is 4. The Morgan fingerprint density at radius 1 is 0.842 bits per heavy atom. The molecule has 0 N–H and O–H groups in total. The molecule has 1 aromatic rings. The Kier molecular flexibility index (Phi) is 3.54. The van der Waals surface area contributed by atoms with Gasteiger partial charge in [-0.3, -0.25) is 0 Å². The summed E-state index contributed by atoms with van der Waals surface area (Å²) in [5.74, 6) is 1.45. The SMILES string of the molecule is COc1cc(OC)cc(B2OC(C)(C)C(C)(C)O2)c1. The Bertz CT molecular complexity index is 432. The van der Waals surface area contributed by atoms with Crippen molar-refractivity contribution in [1.29, 1.82) is 0 Å². The molecule has 0 saturated carbocycles. The molecule has 0 amide bonds. The molecule has 0 spiro atoms. The third-order valence-corrected chi connectivity index (χ3v) is 3.90. The highest BCUT2D eigenvalue weighted by Gasteiger charge is 2.51. The molecule has 0 radical (unpaired) electrons. The van der Waals surface area contributed by atoms with E-state index >= 15 is 0 Å². The minimum Gasteiger partial charge on any atom is -0.497 e. The summed E-state index contributed by atoms with van der Waals surface area (Å²) in [6, 6.07) is 5.64. The zero-order valence-corrected chi connectivity index (χ0v) is 12.4. The monoisotopic (exact) mass is 264 g/mol. The third kappa shape index (κ3) is 2.58. The van der Waals surface area contributed by atoms with Crippen LogP contribution in [0.3, 0.4) is 0 Å². The van der Waals surface area contributed by atoms with Crippen molar-refractivity contribution in [2.24, 2.45) is 0 Å². The summed E-state index contributed by atoms with van der Waals surface area (Å²) in [6.07, 6.45) is 0. The van der Waals surface area contributed by atoms with Crippen LogP contribution in [0.25, 0.3) is 0 Å². The maximum atomic E-state index is 6.02. The molecule has 0 aliphatic carbocycles. The summed E-state index contributed by atoms with van der Waals surface area (Å²) >= 11 is 0. The fourth-order valence-electron chi connectivity index (χ4n) is 1.94. The van der Waals surface area contributed by atoms with Gasteiger partial charge in [-0.05, 0) is 45.3 Å². The fourth-order valence-corrected chi connectivity index (χ4v) is 1.94. The van der Waals surface area contributed by atoms with Crippen LogP contribution in [0, 0.1) is 0 Å². The van der Waals surface area contributed by atoms with E-state index < -0.39 is 7.12 Å². The molecule has 1 saturated heterocycles. The van der Waals surface area contributed by atoms with Gasteiger partial charge in [0, 0.05) is 6.07 Å². The van der Waals surface area contributed by atoms with Crippen molar-refractivity contribution < 1.29 is 18.8 Å². The van der Waals surface area contributed by atoms with Gasteiger partial charge in [-0.25, -0.2) is 0 Å². The van der Waals surface area contributed by atoms with Gasteiger partial charge >= 0.3 is 7.12 Å². The first kappa shape index (κ1) is 14.2. The summed E-state index contributed by atoms with van der Waals surface area (Å²) in [5, 5.41) is 0. The summed E-state index contributed by atoms with van der Waals surface area (Å²) < 4.78 is 22.6. The Morgan fingerprint density at radius 2 is 1.26 bits per heavy atom. The molecule has 1 aromatic carbocycles. The number of methoxy groups -OCH3 is 2. The lowest BCUT2D eigenvalue weighted by Gasteiger charge is -2.32. The van der Waals surface area contributed by atoms with Crippen molar-refractivity contribution in [3.63, 3.8) is 0 Å². The third-order valence-electron chi connectivity index (χ3n) is 3.90. The lowest BCUT2D eigenvalue weighted by atomic mass is 9.79. The first-order chi connectivity index (χ1) is 8.79. The number of ether oxygens (including phenoxy) is 2. The van der Waals surface area contributed by atoms with Crippen LogP contribution in [0.2, 0.25) is 0 Å². The van der Waals surface area contributed by atoms with E-state index in [0.717, 1.165) is 17.0 Å². The van der Waals surface area contributed by atoms with Crippen LogP contribution in [-0.4, -0.2) is 32.5 Å². The first-order valence-electron chi connectivity index (χ1n) is 6.38. The van der Waals surface area contributed by atoms with Crippen LogP contribution in [0.5, 0.6) is 11.5 Å². The van der Waals surface area contributed by atoms with Crippen LogP contribution >= 0.6 is 0 Å². The lowest BCUT2D eigenvalue weighted by Crippen LogP contribution is -2.41. The molecule has 19 heavy (non-hydrogen) atoms. The zero-order valence-electron chi connectivity index (χ0n) is 12.4. The van der Waals surface area contributed by atoms with E-state index in [4.69, 9.17) is 18.8 Å². The molecule has 0 bridgehead atoms. The standard InChI is InChI=1S/C14H21BO4/c1-13(2)14(3,4)19-15(18-13)10-7-11(16-5)9-12(8-10)17-6/h7-9H,1-6H3. The predicted molar refractivity (Wildman–Crippen MR) is 75.3 cm³/mol. The Hall–Kier alpha value is -1.20. The topological polar surface area (TPSA) is 36.9 Å². The number of hydrogen-bond donors (Lipinski definition) is 0. The van der Waals surface area contributed by atoms with Crippen molar-refractivity contribution in [3.05, 3.63) is 18.2 Å². The van der Waals surface area contributed by atoms with Crippen molar-refractivity contribution in [2.75, 3.05) is 14.2 Å². The van der Waals surface area contributed by atoms with E-state index in [1.54, 1.807) is 14.2 Å². The van der Waals surface area contributed by atoms with E-state index in [-0.39, 0.29) is 11.2 Å². The molecule has 4 nitrogen and oxygen atoms in total. The second-order valence-electron chi connectivity index (χ2n) is 5.73. The summed E-state index contributed by atoms with van der Waals surface area (Å²) in [5.41, 5.74) is 0.192. The molecule has 2 rings (SSSR count). The largest absolute Gasteiger partial charge is 0.497 e. The van der Waals surface area contributed by atoms with Crippen LogP contribution in [0.15, 0.2) is 18.2 Å². The number of benzene rings is 1. The van der Waals surface area contributed by atoms with Gasteiger partial charge in [0.1, 0.15) is 11.5 Å². The van der Waals surface area contributed by atoms with Crippen LogP contribution < -0.4 is 14.9 Å². The van der Waals surface area contributed by atoms with Crippen LogP contribution in [-0.2, 0) is 9.31 Å². The highest BCUT2D eigenvalue weighted by molar-refractivity contribution is 6.62. The molecule has 0 aromatic heterocycles. The van der Waals surface area contributed by atoms with Crippen molar-refractivity contribution in [3.8, 4) is 11.5 Å². The maximum Gasteiger partial charge on any atom is 0.495 e. The molecule has 0 atom stereocenters. The average molecular weight is 264 g/mol. The van der Waals surface area contributed by atoms with Gasteiger partial charge in [0.2, 0.25) is 0 Å². The fraction of sp³-hybridized carbons (Fsp3) is 0.571. The van der Waals surface area contributed by atoms with Gasteiger partial charge in [0.15, 0.2) is 0 Å². The maximum absolute atomic E-state index is 6.02. The Morgan fingerprint density at radius 3 is 1.63 bits per heavy atom. The minimum absolute atomic E-state index is 0.353. The zero-order chi connectivity index (χ0) is 14.3. The molecular formula is C14H21BO4. The van der Waals surface area contributed by atoms with E-state index in [0.29, 0.717) is 0 Å². The summed E-state index contributed by atoms with van der Waals surface area (Å²) in [7, 11) is 2.85. The molecule has 1 aliphatic heterocycles. The minimum atomic E-state index is -0.408. The van der Waals surface area contributed by atoms with Gasteiger partial charge in [-0.2, -0.15) is 0 Å². The normalized spacial score (nSPS) is 20.4. The van der Waals surface area contributed by atoms with Gasteiger partial charge in [0.25, 0.3) is 0 Å². The van der Waals surface area contributed by atoms with Crippen LogP contribution in [0.1, 0.15) is 27.7 Å². The van der Waals surface area contributed by atoms with Gasteiger partial charge < -0.3 is 18.8 Å². The molecule has 1 aliphatic rings. The average Bonchev–Trinajstić information content (AvgIpc) is 2.58. The summed E-state index contributed by atoms with van der Waals surface area (Å²) in [4.78, 5) is 0. The highest BCUT2D eigenvalue weighted by atomic mass is 16.7. The smallest absolute Gasteiger partial charge is 0.495 e. The van der Waals surface area contributed by atoms with Gasteiger partial charge in [-0.15, -0.1) is 0 Å². The Balaban J connectivity index is 2.33. The Labute approximate surface area is 115 Å². The van der Waals surface area contributed by atoms with Crippen molar-refractivity contribution >= 4 is 12.6 Å². The molecule has 5 heteroatoms. The van der Waals surface area contributed by atoms with E-state index in [1.165, 1.54) is 0 Å². The van der Waals surface area contributed by atoms with Crippen LogP contribution in [0.4, 0.5) is 0 Å². The van der Waals surface area contributed by atoms with Crippen molar-refractivity contribution in [2.45, 2.75) is 38.9 Å². The second kappa shape index (κ2) is 4.73. The highest BCUT2D eigenvalue weighted by Crippen LogP contribution is 2.36. The second-order valence-corrected chi connectivity index (χ2v) is 5.73. The number of rotatable bonds is 3. The van der Waals surface area contributed by atoms with Gasteiger partial charge in [0.05, 0.1) is 25.4 Å². The van der Waals surface area contributed by atoms with Gasteiger partial charge in [-0.1, -0.05) is 0 Å². The predicted octanol–water partition coefficient (Wildman–Crippen LogP) is 2.00. The van der Waals surface area contributed by atoms with E-state index in [2.05, 4.69) is 0 Å². The molecule has 0 unspecified atom stereocenters. The lowest BCUT2D eigenvalue weighted by molar-refractivity contribution is 0.00578. The molecule has 1 heterocycles. The molecular weight excluding hydrogens is 243 g/mol. The summed E-state index contributed by atoms with van der Waals surface area (Å²) in [6.45, 7) is 8.13. The van der Waals surface area contributed by atoms with E-state index in [1.807, 2.05) is 45.9 Å². The molecule has 1 fully saturated rings. The van der Waals surface area contributed by atoms with Crippen molar-refractivity contribution in [1.82, 2.24) is 0 Å². The molecule has 104 valence electrons.